The van der Waals surface area contributed by atoms with Crippen LogP contribution in [0.15, 0.2) is 36.7 Å². The largest absolute Gasteiger partial charge is 0.474 e. The average Bonchev–Trinajstić information content (AvgIpc) is 2.93. The molecule has 0 bridgehead atoms. The molecular weight excluding hydrogens is 278 g/mol. The number of nitriles is 1. The first-order valence-corrected chi connectivity index (χ1v) is 7.07. The van der Waals surface area contributed by atoms with Crippen LogP contribution in [0.5, 0.6) is 5.88 Å². The Kier molecular flexibility index (Phi) is 2.90. The molecule has 6 heteroatoms. The first kappa shape index (κ1) is 12.7. The normalized spacial score (nSPS) is 13.0. The number of ether oxygens (including phenoxy) is 1. The smallest absolute Gasteiger partial charge is 0.237 e. The molecule has 6 nitrogen and oxygen atoms in total. The molecular formula is C16H13N5O. The van der Waals surface area contributed by atoms with Gasteiger partial charge >= 0.3 is 0 Å². The zero-order valence-corrected chi connectivity index (χ0v) is 11.8. The lowest BCUT2D eigenvalue weighted by Gasteiger charge is -2.18. The van der Waals surface area contributed by atoms with Gasteiger partial charge in [0.25, 0.3) is 0 Å². The Morgan fingerprint density at radius 2 is 2.36 bits per heavy atom. The number of hydrogen-bond donors (Lipinski definition) is 1. The number of nitrogens with one attached hydrogen (secondary N) is 1. The lowest BCUT2D eigenvalue weighted by molar-refractivity contribution is 0.310. The monoisotopic (exact) mass is 291 g/mol. The molecule has 0 aliphatic carbocycles. The van der Waals surface area contributed by atoms with Crippen molar-refractivity contribution in [3.8, 4) is 23.2 Å². The summed E-state index contributed by atoms with van der Waals surface area (Å²) in [5.74, 6) is 0.616. The quantitative estimate of drug-likeness (QED) is 0.784. The predicted octanol–water partition coefficient (Wildman–Crippen LogP) is 2.27. The summed E-state index contributed by atoms with van der Waals surface area (Å²) in [5.41, 5.74) is 4.27. The molecule has 0 fully saturated rings. The summed E-state index contributed by atoms with van der Waals surface area (Å²) in [6.45, 7) is 1.38. The lowest BCUT2D eigenvalue weighted by atomic mass is 10.1. The zero-order valence-electron chi connectivity index (χ0n) is 11.8. The first-order valence-electron chi connectivity index (χ1n) is 7.07. The summed E-state index contributed by atoms with van der Waals surface area (Å²) in [4.78, 5) is 8.93. The fourth-order valence-corrected chi connectivity index (χ4v) is 2.71. The van der Waals surface area contributed by atoms with Crippen LogP contribution in [0.1, 0.15) is 5.69 Å². The molecule has 0 atom stereocenters. The second-order valence-electron chi connectivity index (χ2n) is 5.02. The second kappa shape index (κ2) is 5.04. The Labute approximate surface area is 127 Å². The fraction of sp³-hybridized carbons (Fsp3) is 0.188. The number of rotatable bonds is 2. The van der Waals surface area contributed by atoms with E-state index in [1.807, 2.05) is 34.9 Å². The van der Waals surface area contributed by atoms with Gasteiger partial charge in [-0.2, -0.15) is 5.26 Å². The van der Waals surface area contributed by atoms with E-state index in [-0.39, 0.29) is 6.42 Å². The molecule has 4 heterocycles. The Morgan fingerprint density at radius 1 is 1.41 bits per heavy atom. The minimum absolute atomic E-state index is 0.262. The topological polar surface area (TPSA) is 75.2 Å². The molecule has 0 spiro atoms. The van der Waals surface area contributed by atoms with E-state index in [4.69, 9.17) is 10.00 Å². The van der Waals surface area contributed by atoms with Crippen LogP contribution in [-0.4, -0.2) is 27.5 Å². The van der Waals surface area contributed by atoms with Crippen molar-refractivity contribution in [2.45, 2.75) is 6.42 Å². The van der Waals surface area contributed by atoms with E-state index < -0.39 is 0 Å². The van der Waals surface area contributed by atoms with Gasteiger partial charge in [0.1, 0.15) is 12.3 Å². The molecule has 1 N–H and O–H groups in total. The predicted molar refractivity (Wildman–Crippen MR) is 81.7 cm³/mol. The van der Waals surface area contributed by atoms with Crippen LogP contribution in [0, 0.1) is 11.3 Å². The maximum absolute atomic E-state index is 9.06. The summed E-state index contributed by atoms with van der Waals surface area (Å²) in [6.07, 6.45) is 3.98. The molecule has 0 saturated heterocycles. The molecule has 0 aromatic carbocycles. The highest BCUT2D eigenvalue weighted by molar-refractivity contribution is 5.72. The highest BCUT2D eigenvalue weighted by Crippen LogP contribution is 2.32. The van der Waals surface area contributed by atoms with Crippen molar-refractivity contribution in [1.29, 1.82) is 5.26 Å². The van der Waals surface area contributed by atoms with E-state index in [9.17, 15) is 0 Å². The number of aromatic nitrogens is 3. The summed E-state index contributed by atoms with van der Waals surface area (Å²) in [5, 5.41) is 12.3. The van der Waals surface area contributed by atoms with E-state index in [2.05, 4.69) is 21.4 Å². The van der Waals surface area contributed by atoms with Crippen LogP contribution in [0.25, 0.3) is 16.9 Å². The summed E-state index contributed by atoms with van der Waals surface area (Å²) in [7, 11) is 0. The first-order chi connectivity index (χ1) is 10.9. The number of fused-ring (bicyclic) bond motifs is 2. The highest BCUT2D eigenvalue weighted by Gasteiger charge is 2.17. The maximum atomic E-state index is 9.06. The van der Waals surface area contributed by atoms with Gasteiger partial charge in [0, 0.05) is 24.5 Å². The zero-order chi connectivity index (χ0) is 14.9. The lowest BCUT2D eigenvalue weighted by Crippen LogP contribution is -2.18. The van der Waals surface area contributed by atoms with Crippen molar-refractivity contribution in [3.05, 3.63) is 42.4 Å². The number of hydrogen-bond acceptors (Lipinski definition) is 5. The van der Waals surface area contributed by atoms with Crippen LogP contribution in [0.2, 0.25) is 0 Å². The van der Waals surface area contributed by atoms with Crippen molar-refractivity contribution in [2.24, 2.45) is 0 Å². The van der Waals surface area contributed by atoms with Gasteiger partial charge in [-0.1, -0.05) is 6.07 Å². The molecule has 1 aliphatic heterocycles. The molecule has 108 valence electrons. The van der Waals surface area contributed by atoms with Gasteiger partial charge in [-0.25, -0.2) is 9.97 Å². The Hall–Kier alpha value is -3.07. The third-order valence-electron chi connectivity index (χ3n) is 3.63. The van der Waals surface area contributed by atoms with Gasteiger partial charge in [0.05, 0.1) is 29.6 Å². The number of anilines is 1. The molecule has 0 saturated carbocycles. The Balaban J connectivity index is 1.93. The van der Waals surface area contributed by atoms with Crippen LogP contribution in [0.4, 0.5) is 5.69 Å². The van der Waals surface area contributed by atoms with Crippen LogP contribution in [0.3, 0.4) is 0 Å². The number of imidazole rings is 1. The Bertz CT molecular complexity index is 893. The van der Waals surface area contributed by atoms with Crippen molar-refractivity contribution >= 4 is 11.3 Å². The van der Waals surface area contributed by atoms with E-state index in [0.29, 0.717) is 12.5 Å². The summed E-state index contributed by atoms with van der Waals surface area (Å²) in [6, 6.07) is 9.99. The van der Waals surface area contributed by atoms with Gasteiger partial charge in [-0.3, -0.25) is 4.40 Å². The fourth-order valence-electron chi connectivity index (χ4n) is 2.71. The molecule has 3 aromatic rings. The van der Waals surface area contributed by atoms with Crippen molar-refractivity contribution in [2.75, 3.05) is 18.5 Å². The molecule has 0 radical (unpaired) electrons. The van der Waals surface area contributed by atoms with Crippen molar-refractivity contribution in [3.63, 3.8) is 0 Å². The third kappa shape index (κ3) is 1.95. The van der Waals surface area contributed by atoms with Gasteiger partial charge in [-0.15, -0.1) is 0 Å². The van der Waals surface area contributed by atoms with Crippen LogP contribution < -0.4 is 10.1 Å². The van der Waals surface area contributed by atoms with Gasteiger partial charge in [-0.05, 0) is 18.2 Å². The minimum Gasteiger partial charge on any atom is -0.474 e. The summed E-state index contributed by atoms with van der Waals surface area (Å²) >= 11 is 0. The molecule has 1 aliphatic rings. The van der Waals surface area contributed by atoms with Crippen LogP contribution in [-0.2, 0) is 6.42 Å². The van der Waals surface area contributed by atoms with Crippen molar-refractivity contribution < 1.29 is 4.74 Å². The summed E-state index contributed by atoms with van der Waals surface area (Å²) < 4.78 is 7.50. The standard InChI is InChI=1S/C16H13N5O/c17-5-4-12-15(21-7-2-1-3-14(21)20-12)11-9-13-16(19-10-11)22-8-6-18-13/h1-3,7,9-10,18H,4,6,8H2. The second-order valence-corrected chi connectivity index (χ2v) is 5.02. The highest BCUT2D eigenvalue weighted by atomic mass is 16.5. The maximum Gasteiger partial charge on any atom is 0.237 e. The number of pyridine rings is 2. The minimum atomic E-state index is 0.262. The molecule has 22 heavy (non-hydrogen) atoms. The van der Waals surface area contributed by atoms with Gasteiger partial charge in [0.15, 0.2) is 0 Å². The van der Waals surface area contributed by atoms with Gasteiger partial charge < -0.3 is 10.1 Å². The average molecular weight is 291 g/mol. The van der Waals surface area contributed by atoms with E-state index in [0.717, 1.165) is 34.8 Å². The van der Waals surface area contributed by atoms with E-state index >= 15 is 0 Å². The SMILES string of the molecule is N#CCc1nc2ccccn2c1-c1cnc2c(c1)NCCO2. The Morgan fingerprint density at radius 3 is 3.27 bits per heavy atom. The third-order valence-corrected chi connectivity index (χ3v) is 3.63. The van der Waals surface area contributed by atoms with E-state index in [1.165, 1.54) is 0 Å². The molecule has 4 rings (SSSR count). The molecule has 3 aromatic heterocycles. The van der Waals surface area contributed by atoms with Crippen molar-refractivity contribution in [1.82, 2.24) is 14.4 Å². The number of nitrogens with zero attached hydrogens (tertiary/aromatic N) is 4. The molecule has 0 amide bonds. The molecule has 0 unspecified atom stereocenters. The van der Waals surface area contributed by atoms with Crippen LogP contribution >= 0.6 is 0 Å². The van der Waals surface area contributed by atoms with E-state index in [1.54, 1.807) is 6.20 Å². The van der Waals surface area contributed by atoms with Gasteiger partial charge in [0.2, 0.25) is 5.88 Å².